The van der Waals surface area contributed by atoms with Crippen molar-refractivity contribution in [3.63, 3.8) is 0 Å². The standard InChI is InChI=1S/C18H23F4N5O2S/c1-23-17(24-7-4-12-11-25-16-10-13(19)2-3-15(12)16)26-14-5-8-27(9-6-14)30(28,29)18(20,21)22/h2-3,10-11,14,25H,4-9H2,1H3,(H2,23,24,26). The van der Waals surface area contributed by atoms with Gasteiger partial charge in [-0.05, 0) is 43.0 Å². The second-order valence-corrected chi connectivity index (χ2v) is 8.95. The number of rotatable bonds is 5. The van der Waals surface area contributed by atoms with E-state index in [2.05, 4.69) is 20.6 Å². The molecule has 1 saturated heterocycles. The Hall–Kier alpha value is -2.34. The third kappa shape index (κ3) is 4.86. The Morgan fingerprint density at radius 2 is 2.00 bits per heavy atom. The number of aromatic amines is 1. The highest BCUT2D eigenvalue weighted by Crippen LogP contribution is 2.29. The predicted octanol–water partition coefficient (Wildman–Crippen LogP) is 2.33. The maximum atomic E-state index is 13.3. The molecule has 3 N–H and O–H groups in total. The van der Waals surface area contributed by atoms with Crippen LogP contribution in [0.1, 0.15) is 18.4 Å². The van der Waals surface area contributed by atoms with Crippen LogP contribution in [-0.4, -0.2) is 61.9 Å². The Morgan fingerprint density at radius 1 is 1.30 bits per heavy atom. The minimum atomic E-state index is -5.28. The molecule has 0 atom stereocenters. The van der Waals surface area contributed by atoms with Crippen LogP contribution in [0.25, 0.3) is 10.9 Å². The van der Waals surface area contributed by atoms with E-state index in [0.29, 0.717) is 28.7 Å². The first-order valence-electron chi connectivity index (χ1n) is 9.41. The molecule has 0 unspecified atom stereocenters. The summed E-state index contributed by atoms with van der Waals surface area (Å²) in [4.78, 5) is 7.13. The lowest BCUT2D eigenvalue weighted by Gasteiger charge is -2.32. The van der Waals surface area contributed by atoms with Gasteiger partial charge in [0.1, 0.15) is 5.82 Å². The number of nitrogens with one attached hydrogen (secondary N) is 3. The van der Waals surface area contributed by atoms with E-state index >= 15 is 0 Å². The van der Waals surface area contributed by atoms with Crippen LogP contribution in [0.3, 0.4) is 0 Å². The number of aromatic nitrogens is 1. The van der Waals surface area contributed by atoms with Crippen LogP contribution in [-0.2, 0) is 16.4 Å². The van der Waals surface area contributed by atoms with Crippen LogP contribution in [0.2, 0.25) is 0 Å². The van der Waals surface area contributed by atoms with Gasteiger partial charge >= 0.3 is 15.5 Å². The van der Waals surface area contributed by atoms with E-state index < -0.39 is 15.5 Å². The van der Waals surface area contributed by atoms with Gasteiger partial charge in [0.2, 0.25) is 0 Å². The van der Waals surface area contributed by atoms with Gasteiger partial charge in [-0.2, -0.15) is 17.5 Å². The lowest BCUT2D eigenvalue weighted by atomic mass is 10.1. The van der Waals surface area contributed by atoms with Crippen LogP contribution in [0.5, 0.6) is 0 Å². The van der Waals surface area contributed by atoms with E-state index in [9.17, 15) is 26.0 Å². The summed E-state index contributed by atoms with van der Waals surface area (Å²) in [5.74, 6) is 0.172. The van der Waals surface area contributed by atoms with Crippen LogP contribution < -0.4 is 10.6 Å². The van der Waals surface area contributed by atoms with Gasteiger partial charge in [0.15, 0.2) is 5.96 Å². The summed E-state index contributed by atoms with van der Waals surface area (Å²) in [5, 5.41) is 7.19. The van der Waals surface area contributed by atoms with E-state index in [1.165, 1.54) is 12.1 Å². The third-order valence-corrected chi connectivity index (χ3v) is 6.70. The van der Waals surface area contributed by atoms with Crippen molar-refractivity contribution in [3.8, 4) is 0 Å². The number of aliphatic imine (C=N–C) groups is 1. The second-order valence-electron chi connectivity index (χ2n) is 7.02. The average molecular weight is 449 g/mol. The Kier molecular flexibility index (Phi) is 6.56. The lowest BCUT2D eigenvalue weighted by molar-refractivity contribution is -0.0494. The summed E-state index contributed by atoms with van der Waals surface area (Å²) in [5.41, 5.74) is -3.55. The first kappa shape index (κ1) is 22.3. The quantitative estimate of drug-likeness (QED) is 0.371. The molecular weight excluding hydrogens is 426 g/mol. The number of sulfonamides is 1. The third-order valence-electron chi connectivity index (χ3n) is 5.07. The maximum absolute atomic E-state index is 13.3. The minimum Gasteiger partial charge on any atom is -0.361 e. The second kappa shape index (κ2) is 8.80. The van der Waals surface area contributed by atoms with Crippen molar-refractivity contribution >= 4 is 26.9 Å². The topological polar surface area (TPSA) is 89.6 Å². The zero-order chi connectivity index (χ0) is 21.9. The van der Waals surface area contributed by atoms with E-state index in [0.717, 1.165) is 10.9 Å². The molecule has 0 spiro atoms. The smallest absolute Gasteiger partial charge is 0.361 e. The molecule has 0 saturated carbocycles. The molecule has 1 aliphatic heterocycles. The molecule has 1 fully saturated rings. The molecule has 7 nitrogen and oxygen atoms in total. The van der Waals surface area contributed by atoms with Gasteiger partial charge in [-0.25, -0.2) is 12.8 Å². The first-order valence-corrected chi connectivity index (χ1v) is 10.8. The van der Waals surface area contributed by atoms with E-state index in [4.69, 9.17) is 0 Å². The fourth-order valence-electron chi connectivity index (χ4n) is 3.46. The molecule has 0 aliphatic carbocycles. The van der Waals surface area contributed by atoms with Crippen molar-refractivity contribution in [2.75, 3.05) is 26.7 Å². The normalized spacial score (nSPS) is 17.4. The molecule has 12 heteroatoms. The number of halogens is 4. The number of hydrogen-bond donors (Lipinski definition) is 3. The molecule has 2 heterocycles. The molecule has 3 rings (SSSR count). The number of fused-ring (bicyclic) bond motifs is 1. The molecular formula is C18H23F4N5O2S. The first-order chi connectivity index (χ1) is 14.1. The van der Waals surface area contributed by atoms with Gasteiger partial charge < -0.3 is 15.6 Å². The highest BCUT2D eigenvalue weighted by atomic mass is 32.2. The summed E-state index contributed by atoms with van der Waals surface area (Å²) >= 11 is 0. The summed E-state index contributed by atoms with van der Waals surface area (Å²) < 4.78 is 74.7. The van der Waals surface area contributed by atoms with Gasteiger partial charge in [0.25, 0.3) is 0 Å². The summed E-state index contributed by atoms with van der Waals surface area (Å²) in [6.07, 6.45) is 2.95. The molecule has 166 valence electrons. The Bertz CT molecular complexity index is 1010. The van der Waals surface area contributed by atoms with Gasteiger partial charge in [0, 0.05) is 49.8 Å². The number of benzene rings is 1. The monoisotopic (exact) mass is 449 g/mol. The molecule has 1 aromatic carbocycles. The molecule has 1 aromatic heterocycles. The zero-order valence-electron chi connectivity index (χ0n) is 16.3. The number of guanidine groups is 1. The summed E-state index contributed by atoms with van der Waals surface area (Å²) in [6, 6.07) is 4.36. The number of piperidine rings is 1. The molecule has 1 aliphatic rings. The van der Waals surface area contributed by atoms with Crippen molar-refractivity contribution in [2.45, 2.75) is 30.8 Å². The summed E-state index contributed by atoms with van der Waals surface area (Å²) in [6.45, 7) is 0.121. The lowest BCUT2D eigenvalue weighted by Crippen LogP contribution is -2.51. The Morgan fingerprint density at radius 3 is 2.63 bits per heavy atom. The number of alkyl halides is 3. The van der Waals surface area contributed by atoms with Crippen molar-refractivity contribution in [1.82, 2.24) is 19.9 Å². The van der Waals surface area contributed by atoms with Gasteiger partial charge in [-0.15, -0.1) is 0 Å². The number of H-pyrrole nitrogens is 1. The fourth-order valence-corrected chi connectivity index (χ4v) is 4.44. The molecule has 0 bridgehead atoms. The van der Waals surface area contributed by atoms with Gasteiger partial charge in [-0.1, -0.05) is 0 Å². The van der Waals surface area contributed by atoms with E-state index in [1.807, 2.05) is 6.20 Å². The SMILES string of the molecule is CN=C(NCCc1c[nH]c2cc(F)ccc12)NC1CCN(S(=O)(=O)C(F)(F)F)CC1. The van der Waals surface area contributed by atoms with E-state index in [1.54, 1.807) is 13.1 Å². The molecule has 0 amide bonds. The largest absolute Gasteiger partial charge is 0.511 e. The fraction of sp³-hybridized carbons (Fsp3) is 0.500. The van der Waals surface area contributed by atoms with Gasteiger partial charge in [0.05, 0.1) is 0 Å². The minimum absolute atomic E-state index is 0.188. The zero-order valence-corrected chi connectivity index (χ0v) is 17.1. The molecule has 2 aromatic rings. The maximum Gasteiger partial charge on any atom is 0.511 e. The molecule has 0 radical (unpaired) electrons. The number of nitrogens with zero attached hydrogens (tertiary/aromatic N) is 2. The van der Waals surface area contributed by atoms with Crippen LogP contribution >= 0.6 is 0 Å². The Labute approximate surface area is 171 Å². The predicted molar refractivity (Wildman–Crippen MR) is 106 cm³/mol. The highest BCUT2D eigenvalue weighted by Gasteiger charge is 2.50. The van der Waals surface area contributed by atoms with Crippen molar-refractivity contribution in [2.24, 2.45) is 4.99 Å². The van der Waals surface area contributed by atoms with Crippen molar-refractivity contribution in [3.05, 3.63) is 35.8 Å². The molecule has 30 heavy (non-hydrogen) atoms. The van der Waals surface area contributed by atoms with E-state index in [-0.39, 0.29) is 37.8 Å². The number of hydrogen-bond acceptors (Lipinski definition) is 3. The Balaban J connectivity index is 1.48. The van der Waals surface area contributed by atoms with Crippen molar-refractivity contribution in [1.29, 1.82) is 0 Å². The summed E-state index contributed by atoms with van der Waals surface area (Å²) in [7, 11) is -3.71. The van der Waals surface area contributed by atoms with Crippen molar-refractivity contribution < 1.29 is 26.0 Å². The van der Waals surface area contributed by atoms with Crippen LogP contribution in [0.15, 0.2) is 29.4 Å². The van der Waals surface area contributed by atoms with Gasteiger partial charge in [-0.3, -0.25) is 4.99 Å². The highest BCUT2D eigenvalue weighted by molar-refractivity contribution is 7.90. The van der Waals surface area contributed by atoms with Crippen LogP contribution in [0.4, 0.5) is 17.6 Å². The average Bonchev–Trinajstić information content (AvgIpc) is 3.08. The van der Waals surface area contributed by atoms with Crippen LogP contribution in [0, 0.1) is 5.82 Å².